The highest BCUT2D eigenvalue weighted by atomic mass is 16.3. The van der Waals surface area contributed by atoms with Crippen LogP contribution >= 0.6 is 0 Å². The van der Waals surface area contributed by atoms with Gasteiger partial charge in [-0.3, -0.25) is 0 Å². The van der Waals surface area contributed by atoms with Gasteiger partial charge in [0.1, 0.15) is 0 Å². The molecule has 0 aromatic carbocycles. The third-order valence-corrected chi connectivity index (χ3v) is 3.31. The Hall–Kier alpha value is -0.480. The molecule has 0 heterocycles. The topological polar surface area (TPSA) is 20.2 Å². The number of terminal acetylenes is 1. The molecule has 0 aromatic rings. The second-order valence-electron chi connectivity index (χ2n) is 6.79. The van der Waals surface area contributed by atoms with E-state index < -0.39 is 5.60 Å². The van der Waals surface area contributed by atoms with Gasteiger partial charge in [0, 0.05) is 6.42 Å². The molecular formula is C14H24O. The Balaban J connectivity index is 2.78. The normalized spacial score (nSPS) is 26.9. The van der Waals surface area contributed by atoms with Crippen LogP contribution in [0.5, 0.6) is 0 Å². The van der Waals surface area contributed by atoms with Crippen LogP contribution in [0.15, 0.2) is 0 Å². The van der Waals surface area contributed by atoms with E-state index in [1.807, 2.05) is 0 Å². The summed E-state index contributed by atoms with van der Waals surface area (Å²) in [6, 6.07) is 0. The van der Waals surface area contributed by atoms with Crippen LogP contribution in [0.25, 0.3) is 0 Å². The second kappa shape index (κ2) is 3.83. The van der Waals surface area contributed by atoms with Crippen molar-refractivity contribution in [1.82, 2.24) is 0 Å². The van der Waals surface area contributed by atoms with Crippen LogP contribution in [0, 0.1) is 23.2 Å². The van der Waals surface area contributed by atoms with Crippen molar-refractivity contribution in [1.29, 1.82) is 0 Å². The molecule has 1 aliphatic rings. The van der Waals surface area contributed by atoms with Gasteiger partial charge in [-0.2, -0.15) is 0 Å². The molecule has 0 aliphatic heterocycles. The molecule has 0 radical (unpaired) electrons. The number of rotatable bonds is 2. The molecule has 1 heteroatoms. The van der Waals surface area contributed by atoms with E-state index in [1.165, 1.54) is 6.42 Å². The van der Waals surface area contributed by atoms with Gasteiger partial charge < -0.3 is 5.11 Å². The fourth-order valence-corrected chi connectivity index (χ4v) is 3.75. The van der Waals surface area contributed by atoms with E-state index in [4.69, 9.17) is 6.42 Å². The Morgan fingerprint density at radius 2 is 1.53 bits per heavy atom. The lowest BCUT2D eigenvalue weighted by atomic mass is 9.59. The molecule has 86 valence electrons. The summed E-state index contributed by atoms with van der Waals surface area (Å²) in [5.41, 5.74) is -0.0895. The highest BCUT2D eigenvalue weighted by Crippen LogP contribution is 2.51. The Bertz CT molecular complexity index is 252. The zero-order valence-electron chi connectivity index (χ0n) is 10.6. The lowest BCUT2D eigenvalue weighted by Gasteiger charge is -2.49. The summed E-state index contributed by atoms with van der Waals surface area (Å²) in [6.45, 7) is 8.98. The van der Waals surface area contributed by atoms with E-state index in [2.05, 4.69) is 33.6 Å². The Morgan fingerprint density at radius 1 is 1.07 bits per heavy atom. The summed E-state index contributed by atoms with van der Waals surface area (Å²) in [5.74, 6) is 2.63. The maximum atomic E-state index is 10.6. The van der Waals surface area contributed by atoms with Crippen molar-refractivity contribution in [2.45, 2.75) is 65.4 Å². The molecule has 0 atom stereocenters. The molecule has 1 N–H and O–H groups in total. The molecular weight excluding hydrogens is 184 g/mol. The van der Waals surface area contributed by atoms with Crippen molar-refractivity contribution in [2.75, 3.05) is 0 Å². The minimum absolute atomic E-state index is 0.227. The zero-order chi connectivity index (χ0) is 11.7. The monoisotopic (exact) mass is 208 g/mol. The van der Waals surface area contributed by atoms with Gasteiger partial charge >= 0.3 is 0 Å². The van der Waals surface area contributed by atoms with Gasteiger partial charge in [0.25, 0.3) is 0 Å². The Kier molecular flexibility index (Phi) is 3.22. The van der Waals surface area contributed by atoms with Gasteiger partial charge in [0.2, 0.25) is 0 Å². The average molecular weight is 208 g/mol. The van der Waals surface area contributed by atoms with E-state index in [9.17, 15) is 5.11 Å². The van der Waals surface area contributed by atoms with E-state index in [0.717, 1.165) is 19.3 Å². The maximum absolute atomic E-state index is 10.6. The molecule has 0 spiro atoms. The van der Waals surface area contributed by atoms with Gasteiger partial charge in [-0.1, -0.05) is 27.7 Å². The van der Waals surface area contributed by atoms with E-state index in [1.54, 1.807) is 0 Å². The smallest absolute Gasteiger partial charge is 0.0667 e. The first-order valence-corrected chi connectivity index (χ1v) is 5.84. The predicted molar refractivity (Wildman–Crippen MR) is 64.4 cm³/mol. The van der Waals surface area contributed by atoms with E-state index in [-0.39, 0.29) is 10.8 Å². The van der Waals surface area contributed by atoms with Gasteiger partial charge in [-0.15, -0.1) is 12.3 Å². The van der Waals surface area contributed by atoms with Gasteiger partial charge in [0.05, 0.1) is 5.60 Å². The van der Waals surface area contributed by atoms with Crippen molar-refractivity contribution >= 4 is 0 Å². The molecule has 0 saturated heterocycles. The fourth-order valence-electron chi connectivity index (χ4n) is 3.75. The molecule has 1 saturated carbocycles. The van der Waals surface area contributed by atoms with Crippen molar-refractivity contribution in [3.05, 3.63) is 0 Å². The van der Waals surface area contributed by atoms with Crippen LogP contribution in [0.2, 0.25) is 0 Å². The largest absolute Gasteiger partial charge is 0.390 e. The summed E-state index contributed by atoms with van der Waals surface area (Å²) < 4.78 is 0. The number of aliphatic hydroxyl groups is 1. The first kappa shape index (κ1) is 12.6. The summed E-state index contributed by atoms with van der Waals surface area (Å²) in [5, 5.41) is 10.6. The highest BCUT2D eigenvalue weighted by Gasteiger charge is 2.45. The van der Waals surface area contributed by atoms with Gasteiger partial charge in [-0.05, 0) is 36.5 Å². The quantitative estimate of drug-likeness (QED) is 0.690. The molecule has 0 amide bonds. The Labute approximate surface area is 94.3 Å². The van der Waals surface area contributed by atoms with E-state index in [0.29, 0.717) is 6.42 Å². The minimum atomic E-state index is -0.544. The van der Waals surface area contributed by atoms with Crippen LogP contribution in [0.4, 0.5) is 0 Å². The molecule has 1 aliphatic carbocycles. The number of hydrogen-bond acceptors (Lipinski definition) is 1. The van der Waals surface area contributed by atoms with Crippen LogP contribution in [0.3, 0.4) is 0 Å². The fraction of sp³-hybridized carbons (Fsp3) is 0.857. The summed E-state index contributed by atoms with van der Waals surface area (Å²) in [4.78, 5) is 0. The maximum Gasteiger partial charge on any atom is 0.0667 e. The third kappa shape index (κ3) is 3.54. The molecule has 1 rings (SSSR count). The van der Waals surface area contributed by atoms with Crippen LogP contribution in [-0.4, -0.2) is 10.7 Å². The van der Waals surface area contributed by atoms with E-state index >= 15 is 0 Å². The Morgan fingerprint density at radius 3 is 1.93 bits per heavy atom. The summed E-state index contributed by atoms with van der Waals surface area (Å²) in [6.07, 6.45) is 9.65. The van der Waals surface area contributed by atoms with Crippen LogP contribution < -0.4 is 0 Å². The van der Waals surface area contributed by atoms with Crippen molar-refractivity contribution in [2.24, 2.45) is 10.8 Å². The standard InChI is InChI=1S/C14H24O/c1-6-7-8-14(15)10-12(2,3)9-13(4,5)11-14/h1,15H,7-11H2,2-5H3. The molecule has 0 unspecified atom stereocenters. The number of hydrogen-bond donors (Lipinski definition) is 1. The minimum Gasteiger partial charge on any atom is -0.390 e. The summed E-state index contributed by atoms with van der Waals surface area (Å²) >= 11 is 0. The lowest BCUT2D eigenvalue weighted by molar-refractivity contribution is -0.0895. The SMILES string of the molecule is C#CCCC1(O)CC(C)(C)CC(C)(C)C1. The second-order valence-corrected chi connectivity index (χ2v) is 6.79. The van der Waals surface area contributed by atoms with Crippen molar-refractivity contribution in [3.63, 3.8) is 0 Å². The van der Waals surface area contributed by atoms with Gasteiger partial charge in [0.15, 0.2) is 0 Å². The van der Waals surface area contributed by atoms with Crippen LogP contribution in [0.1, 0.15) is 59.8 Å². The average Bonchev–Trinajstić information content (AvgIpc) is 1.93. The van der Waals surface area contributed by atoms with Crippen molar-refractivity contribution in [3.8, 4) is 12.3 Å². The molecule has 1 nitrogen and oxygen atoms in total. The van der Waals surface area contributed by atoms with Crippen LogP contribution in [-0.2, 0) is 0 Å². The molecule has 0 aromatic heterocycles. The summed E-state index contributed by atoms with van der Waals surface area (Å²) in [7, 11) is 0. The zero-order valence-corrected chi connectivity index (χ0v) is 10.6. The lowest BCUT2D eigenvalue weighted by Crippen LogP contribution is -2.45. The highest BCUT2D eigenvalue weighted by molar-refractivity contribution is 4.99. The van der Waals surface area contributed by atoms with Gasteiger partial charge in [-0.25, -0.2) is 0 Å². The first-order valence-electron chi connectivity index (χ1n) is 5.84. The van der Waals surface area contributed by atoms with Crippen molar-refractivity contribution < 1.29 is 5.11 Å². The molecule has 1 fully saturated rings. The first-order chi connectivity index (χ1) is 6.68. The third-order valence-electron chi connectivity index (χ3n) is 3.31. The predicted octanol–water partition coefficient (Wildman–Crippen LogP) is 3.37. The molecule has 15 heavy (non-hydrogen) atoms. The molecule has 0 bridgehead atoms.